The summed E-state index contributed by atoms with van der Waals surface area (Å²) in [6, 6.07) is 13.5. The van der Waals surface area contributed by atoms with Crippen LogP contribution in [0.15, 0.2) is 54.9 Å². The summed E-state index contributed by atoms with van der Waals surface area (Å²) in [6.45, 7) is 0. The molecule has 2 aromatic heterocycles. The van der Waals surface area contributed by atoms with E-state index in [4.69, 9.17) is 0 Å². The third-order valence-electron chi connectivity index (χ3n) is 3.38. The van der Waals surface area contributed by atoms with E-state index in [9.17, 15) is 4.79 Å². The van der Waals surface area contributed by atoms with Crippen molar-refractivity contribution in [1.29, 1.82) is 0 Å². The fraction of sp³-hybridized carbons (Fsp3) is 0.125. The minimum absolute atomic E-state index is 0.0217. The van der Waals surface area contributed by atoms with Crippen LogP contribution in [-0.2, 0) is 11.2 Å². The van der Waals surface area contributed by atoms with Crippen LogP contribution in [0.2, 0.25) is 0 Å². The number of nitrogens with one attached hydrogen (secondary N) is 1. The average molecular weight is 265 g/mol. The second-order valence-corrected chi connectivity index (χ2v) is 4.68. The molecule has 0 unspecified atom stereocenters. The summed E-state index contributed by atoms with van der Waals surface area (Å²) in [5.74, 6) is 0.686. The molecule has 3 aromatic rings. The minimum Gasteiger partial charge on any atom is -0.361 e. The van der Waals surface area contributed by atoms with Gasteiger partial charge < -0.3 is 4.98 Å². The molecule has 1 N–H and O–H groups in total. The van der Waals surface area contributed by atoms with Crippen molar-refractivity contribution in [2.24, 2.45) is 0 Å². The summed E-state index contributed by atoms with van der Waals surface area (Å²) in [7, 11) is 1.75. The Morgan fingerprint density at radius 1 is 1.20 bits per heavy atom. The SMILES string of the molecule is CN(C(=O)Cc1c[nH]c2ccccc12)c1ccccn1. The van der Waals surface area contributed by atoms with E-state index in [2.05, 4.69) is 9.97 Å². The molecular weight excluding hydrogens is 250 g/mol. The molecule has 1 amide bonds. The Bertz CT molecular complexity index is 734. The van der Waals surface area contributed by atoms with Crippen molar-refractivity contribution < 1.29 is 4.79 Å². The van der Waals surface area contributed by atoms with Gasteiger partial charge in [-0.2, -0.15) is 0 Å². The van der Waals surface area contributed by atoms with Gasteiger partial charge in [-0.1, -0.05) is 24.3 Å². The smallest absolute Gasteiger partial charge is 0.232 e. The highest BCUT2D eigenvalue weighted by atomic mass is 16.2. The molecular formula is C16H15N3O. The van der Waals surface area contributed by atoms with Crippen LogP contribution in [0, 0.1) is 0 Å². The zero-order chi connectivity index (χ0) is 13.9. The second kappa shape index (κ2) is 5.17. The van der Waals surface area contributed by atoms with Crippen molar-refractivity contribution >= 4 is 22.6 Å². The summed E-state index contributed by atoms with van der Waals surface area (Å²) in [6.07, 6.45) is 3.94. The number of fused-ring (bicyclic) bond motifs is 1. The number of amides is 1. The van der Waals surface area contributed by atoms with E-state index in [0.717, 1.165) is 16.5 Å². The van der Waals surface area contributed by atoms with Gasteiger partial charge in [-0.15, -0.1) is 0 Å². The minimum atomic E-state index is 0.0217. The summed E-state index contributed by atoms with van der Waals surface area (Å²) >= 11 is 0. The number of anilines is 1. The number of pyridine rings is 1. The number of carbonyl (C=O) groups excluding carboxylic acids is 1. The number of hydrogen-bond acceptors (Lipinski definition) is 2. The second-order valence-electron chi connectivity index (χ2n) is 4.68. The van der Waals surface area contributed by atoms with Crippen molar-refractivity contribution in [2.75, 3.05) is 11.9 Å². The summed E-state index contributed by atoms with van der Waals surface area (Å²) in [5, 5.41) is 1.09. The van der Waals surface area contributed by atoms with Gasteiger partial charge in [-0.05, 0) is 23.8 Å². The molecule has 0 fully saturated rings. The normalized spacial score (nSPS) is 10.7. The van der Waals surface area contributed by atoms with Crippen LogP contribution in [0.4, 0.5) is 5.82 Å². The first-order valence-corrected chi connectivity index (χ1v) is 6.48. The van der Waals surface area contributed by atoms with Crippen LogP contribution in [0.1, 0.15) is 5.56 Å². The Hall–Kier alpha value is -2.62. The molecule has 4 nitrogen and oxygen atoms in total. The van der Waals surface area contributed by atoms with Gasteiger partial charge in [0.1, 0.15) is 5.82 Å². The highest BCUT2D eigenvalue weighted by Gasteiger charge is 2.14. The number of aromatic amines is 1. The van der Waals surface area contributed by atoms with E-state index >= 15 is 0 Å². The Morgan fingerprint density at radius 2 is 2.00 bits per heavy atom. The lowest BCUT2D eigenvalue weighted by Crippen LogP contribution is -2.28. The van der Waals surface area contributed by atoms with Crippen LogP contribution in [-0.4, -0.2) is 22.9 Å². The van der Waals surface area contributed by atoms with Gasteiger partial charge in [0.15, 0.2) is 0 Å². The molecule has 0 spiro atoms. The Balaban J connectivity index is 1.82. The summed E-state index contributed by atoms with van der Waals surface area (Å²) < 4.78 is 0. The van der Waals surface area contributed by atoms with Crippen LogP contribution in [0.5, 0.6) is 0 Å². The molecule has 100 valence electrons. The molecule has 0 aliphatic rings. The van der Waals surface area contributed by atoms with Gasteiger partial charge in [0.05, 0.1) is 6.42 Å². The number of carbonyl (C=O) groups is 1. The highest BCUT2D eigenvalue weighted by Crippen LogP contribution is 2.19. The van der Waals surface area contributed by atoms with E-state index in [1.165, 1.54) is 0 Å². The van der Waals surface area contributed by atoms with Crippen molar-refractivity contribution in [1.82, 2.24) is 9.97 Å². The topological polar surface area (TPSA) is 49.0 Å². The summed E-state index contributed by atoms with van der Waals surface area (Å²) in [4.78, 5) is 21.3. The third kappa shape index (κ3) is 2.28. The molecule has 20 heavy (non-hydrogen) atoms. The molecule has 2 heterocycles. The molecule has 0 aliphatic carbocycles. The van der Waals surface area contributed by atoms with Gasteiger partial charge >= 0.3 is 0 Å². The number of para-hydroxylation sites is 1. The number of aromatic nitrogens is 2. The zero-order valence-electron chi connectivity index (χ0n) is 11.2. The fourth-order valence-corrected chi connectivity index (χ4v) is 2.24. The van der Waals surface area contributed by atoms with Crippen molar-refractivity contribution in [3.8, 4) is 0 Å². The van der Waals surface area contributed by atoms with Gasteiger partial charge in [-0.25, -0.2) is 4.98 Å². The maximum absolute atomic E-state index is 12.3. The molecule has 0 saturated heterocycles. The van der Waals surface area contributed by atoms with E-state index in [1.54, 1.807) is 18.1 Å². The first-order chi connectivity index (χ1) is 9.75. The van der Waals surface area contributed by atoms with Crippen LogP contribution in [0.25, 0.3) is 10.9 Å². The van der Waals surface area contributed by atoms with Crippen LogP contribution < -0.4 is 4.90 Å². The number of nitrogens with zero attached hydrogens (tertiary/aromatic N) is 2. The van der Waals surface area contributed by atoms with Crippen molar-refractivity contribution in [2.45, 2.75) is 6.42 Å². The van der Waals surface area contributed by atoms with E-state index < -0.39 is 0 Å². The maximum atomic E-state index is 12.3. The quantitative estimate of drug-likeness (QED) is 0.791. The molecule has 0 bridgehead atoms. The predicted molar refractivity (Wildman–Crippen MR) is 79.6 cm³/mol. The first-order valence-electron chi connectivity index (χ1n) is 6.48. The third-order valence-corrected chi connectivity index (χ3v) is 3.38. The standard InChI is InChI=1S/C16H15N3O/c1-19(15-8-4-5-9-17-15)16(20)10-12-11-18-14-7-3-2-6-13(12)14/h2-9,11,18H,10H2,1H3. The lowest BCUT2D eigenvalue weighted by atomic mass is 10.1. The first kappa shape index (κ1) is 12.4. The van der Waals surface area contributed by atoms with Crippen LogP contribution in [0.3, 0.4) is 0 Å². The molecule has 0 aliphatic heterocycles. The Labute approximate surface area is 117 Å². The molecule has 1 aromatic carbocycles. The zero-order valence-corrected chi connectivity index (χ0v) is 11.2. The monoisotopic (exact) mass is 265 g/mol. The average Bonchev–Trinajstić information content (AvgIpc) is 2.91. The number of rotatable bonds is 3. The van der Waals surface area contributed by atoms with Crippen molar-refractivity contribution in [3.05, 3.63) is 60.4 Å². The summed E-state index contributed by atoms with van der Waals surface area (Å²) in [5.41, 5.74) is 2.06. The Kier molecular flexibility index (Phi) is 3.21. The molecule has 0 atom stereocenters. The lowest BCUT2D eigenvalue weighted by molar-refractivity contribution is -0.117. The van der Waals surface area contributed by atoms with Crippen molar-refractivity contribution in [3.63, 3.8) is 0 Å². The van der Waals surface area contributed by atoms with Crippen LogP contribution >= 0.6 is 0 Å². The Morgan fingerprint density at radius 3 is 2.80 bits per heavy atom. The predicted octanol–water partition coefficient (Wildman–Crippen LogP) is 2.77. The van der Waals surface area contributed by atoms with Gasteiger partial charge in [0.2, 0.25) is 5.91 Å². The number of benzene rings is 1. The molecule has 4 heteroatoms. The fourth-order valence-electron chi connectivity index (χ4n) is 2.24. The van der Waals surface area contributed by atoms with E-state index in [0.29, 0.717) is 12.2 Å². The maximum Gasteiger partial charge on any atom is 0.232 e. The largest absolute Gasteiger partial charge is 0.361 e. The van der Waals surface area contributed by atoms with E-state index in [1.807, 2.05) is 48.7 Å². The van der Waals surface area contributed by atoms with Gasteiger partial charge in [-0.3, -0.25) is 9.69 Å². The van der Waals surface area contributed by atoms with E-state index in [-0.39, 0.29) is 5.91 Å². The number of hydrogen-bond donors (Lipinski definition) is 1. The molecule has 3 rings (SSSR count). The molecule has 0 saturated carbocycles. The molecule has 0 radical (unpaired) electrons. The number of likely N-dealkylation sites (N-methyl/N-ethyl adjacent to an activating group) is 1. The lowest BCUT2D eigenvalue weighted by Gasteiger charge is -2.15. The van der Waals surface area contributed by atoms with Gasteiger partial charge in [0.25, 0.3) is 0 Å². The number of H-pyrrole nitrogens is 1. The highest BCUT2D eigenvalue weighted by molar-refractivity contribution is 5.96. The van der Waals surface area contributed by atoms with Gasteiger partial charge in [0, 0.05) is 30.3 Å².